The largest absolute Gasteiger partial charge is 0.508 e. The van der Waals surface area contributed by atoms with Gasteiger partial charge in [0.15, 0.2) is 0 Å². The molecule has 2 rings (SSSR count). The van der Waals surface area contributed by atoms with E-state index in [1.807, 2.05) is 12.1 Å². The van der Waals surface area contributed by atoms with Crippen molar-refractivity contribution >= 4 is 17.0 Å². The number of fused-ring (bicyclic) bond motifs is 1. The van der Waals surface area contributed by atoms with Crippen LogP contribution in [0.2, 0.25) is 0 Å². The third kappa shape index (κ3) is 3.73. The number of rotatable bonds is 5. The molecule has 0 radical (unpaired) electrons. The lowest BCUT2D eigenvalue weighted by atomic mass is 9.86. The van der Waals surface area contributed by atoms with Gasteiger partial charge >= 0.3 is 0 Å². The molecule has 1 aliphatic rings. The number of nitrogens with zero attached hydrogens (tertiary/aromatic N) is 1. The third-order valence-electron chi connectivity index (χ3n) is 3.89. The number of phenols is 1. The highest BCUT2D eigenvalue weighted by atomic mass is 79.9. The van der Waals surface area contributed by atoms with E-state index in [9.17, 15) is 5.11 Å². The van der Waals surface area contributed by atoms with Gasteiger partial charge in [-0.1, -0.05) is 26.0 Å². The monoisotopic (exact) mass is 327 g/mol. The minimum atomic E-state index is 0. The lowest BCUT2D eigenvalue weighted by molar-refractivity contribution is 0.175. The van der Waals surface area contributed by atoms with Crippen LogP contribution in [0, 0.1) is 0 Å². The van der Waals surface area contributed by atoms with E-state index < -0.39 is 0 Å². The van der Waals surface area contributed by atoms with Gasteiger partial charge in [0.05, 0.1) is 0 Å². The van der Waals surface area contributed by atoms with Gasteiger partial charge in [-0.15, -0.1) is 17.0 Å². The minimum Gasteiger partial charge on any atom is -0.508 e. The Labute approximate surface area is 127 Å². The molecule has 0 aromatic heterocycles. The summed E-state index contributed by atoms with van der Waals surface area (Å²) >= 11 is 0. The Morgan fingerprint density at radius 1 is 1.21 bits per heavy atom. The molecule has 1 aromatic carbocycles. The number of hydrogen-bond donors (Lipinski definition) is 1. The second-order valence-corrected chi connectivity index (χ2v) is 5.29. The molecule has 0 fully saturated rings. The van der Waals surface area contributed by atoms with E-state index in [1.165, 1.54) is 36.8 Å². The summed E-state index contributed by atoms with van der Waals surface area (Å²) in [6.45, 7) is 6.73. The highest BCUT2D eigenvalue weighted by molar-refractivity contribution is 8.93. The summed E-state index contributed by atoms with van der Waals surface area (Å²) < 4.78 is 0. The molecule has 3 heteroatoms. The molecular formula is C16H26BrNO. The lowest BCUT2D eigenvalue weighted by Crippen LogP contribution is -2.32. The Kier molecular flexibility index (Phi) is 6.87. The van der Waals surface area contributed by atoms with Gasteiger partial charge in [0.1, 0.15) is 5.75 Å². The van der Waals surface area contributed by atoms with Crippen LogP contribution in [0.4, 0.5) is 0 Å². The van der Waals surface area contributed by atoms with E-state index in [4.69, 9.17) is 0 Å². The Morgan fingerprint density at radius 2 is 1.89 bits per heavy atom. The van der Waals surface area contributed by atoms with Crippen LogP contribution in [0.5, 0.6) is 5.75 Å². The first kappa shape index (κ1) is 16.5. The highest BCUT2D eigenvalue weighted by Gasteiger charge is 2.27. The van der Waals surface area contributed by atoms with Gasteiger partial charge in [-0.3, -0.25) is 4.90 Å². The Morgan fingerprint density at radius 3 is 2.53 bits per heavy atom. The number of hydrogen-bond acceptors (Lipinski definition) is 2. The van der Waals surface area contributed by atoms with Gasteiger partial charge in [0.25, 0.3) is 0 Å². The average molecular weight is 328 g/mol. The SMILES string of the molecule is Br.CCCN(CCC)[C@@H]1CCCc2cccc(O)c21. The van der Waals surface area contributed by atoms with Crippen molar-refractivity contribution in [3.8, 4) is 5.75 Å². The average Bonchev–Trinajstić information content (AvgIpc) is 2.38. The first-order valence-electron chi connectivity index (χ1n) is 7.32. The zero-order valence-corrected chi connectivity index (χ0v) is 13.8. The molecule has 2 nitrogen and oxygen atoms in total. The van der Waals surface area contributed by atoms with E-state index >= 15 is 0 Å². The van der Waals surface area contributed by atoms with Crippen LogP contribution in [-0.2, 0) is 6.42 Å². The Hall–Kier alpha value is -0.540. The molecule has 1 aromatic rings. The molecule has 0 heterocycles. The van der Waals surface area contributed by atoms with Crippen molar-refractivity contribution in [1.29, 1.82) is 0 Å². The minimum absolute atomic E-state index is 0. The highest BCUT2D eigenvalue weighted by Crippen LogP contribution is 2.39. The second-order valence-electron chi connectivity index (χ2n) is 5.29. The summed E-state index contributed by atoms with van der Waals surface area (Å²) in [4.78, 5) is 2.55. The number of halogens is 1. The smallest absolute Gasteiger partial charge is 0.120 e. The topological polar surface area (TPSA) is 23.5 Å². The predicted molar refractivity (Wildman–Crippen MR) is 86.3 cm³/mol. The summed E-state index contributed by atoms with van der Waals surface area (Å²) in [5.74, 6) is 0.495. The van der Waals surface area contributed by atoms with Gasteiger partial charge in [0.2, 0.25) is 0 Å². The molecule has 0 bridgehead atoms. The van der Waals surface area contributed by atoms with Crippen molar-refractivity contribution in [3.63, 3.8) is 0 Å². The van der Waals surface area contributed by atoms with Crippen LogP contribution in [-0.4, -0.2) is 23.1 Å². The van der Waals surface area contributed by atoms with Crippen molar-refractivity contribution in [2.75, 3.05) is 13.1 Å². The molecule has 1 N–H and O–H groups in total. The molecule has 108 valence electrons. The maximum atomic E-state index is 10.2. The summed E-state index contributed by atoms with van der Waals surface area (Å²) in [5, 5.41) is 10.2. The molecule has 0 amide bonds. The van der Waals surface area contributed by atoms with Crippen molar-refractivity contribution in [1.82, 2.24) is 4.90 Å². The quantitative estimate of drug-likeness (QED) is 0.862. The fourth-order valence-electron chi connectivity index (χ4n) is 3.20. The van der Waals surface area contributed by atoms with Gasteiger partial charge in [-0.05, 0) is 56.8 Å². The van der Waals surface area contributed by atoms with Gasteiger partial charge in [0, 0.05) is 11.6 Å². The second kappa shape index (κ2) is 7.91. The molecule has 0 saturated heterocycles. The molecule has 19 heavy (non-hydrogen) atoms. The van der Waals surface area contributed by atoms with Crippen LogP contribution >= 0.6 is 17.0 Å². The summed E-state index contributed by atoms with van der Waals surface area (Å²) in [7, 11) is 0. The normalized spacial score (nSPS) is 17.9. The van der Waals surface area contributed by atoms with Gasteiger partial charge in [-0.25, -0.2) is 0 Å². The summed E-state index contributed by atoms with van der Waals surface area (Å²) in [6.07, 6.45) is 5.90. The summed E-state index contributed by atoms with van der Waals surface area (Å²) in [6, 6.07) is 6.42. The summed E-state index contributed by atoms with van der Waals surface area (Å²) in [5.41, 5.74) is 2.55. The van der Waals surface area contributed by atoms with Crippen molar-refractivity contribution in [2.24, 2.45) is 0 Å². The van der Waals surface area contributed by atoms with Crippen LogP contribution in [0.3, 0.4) is 0 Å². The fourth-order valence-corrected chi connectivity index (χ4v) is 3.20. The Balaban J connectivity index is 0.00000180. The number of aryl methyl sites for hydroxylation is 1. The van der Waals surface area contributed by atoms with Crippen molar-refractivity contribution < 1.29 is 5.11 Å². The predicted octanol–water partition coefficient (Wildman–Crippen LogP) is 4.47. The molecule has 0 saturated carbocycles. The standard InChI is InChI=1S/C16H25NO.BrH/c1-3-11-17(12-4-2)14-9-5-7-13-8-6-10-15(18)16(13)14;/h6,8,10,14,18H,3-5,7,9,11-12H2,1-2H3;1H/t14-;/m1./s1. The lowest BCUT2D eigenvalue weighted by Gasteiger charge is -2.36. The molecule has 0 unspecified atom stereocenters. The maximum Gasteiger partial charge on any atom is 0.120 e. The number of benzene rings is 1. The maximum absolute atomic E-state index is 10.2. The molecule has 0 spiro atoms. The van der Waals surface area contributed by atoms with E-state index in [2.05, 4.69) is 24.8 Å². The van der Waals surface area contributed by atoms with Crippen LogP contribution in [0.25, 0.3) is 0 Å². The van der Waals surface area contributed by atoms with Crippen LogP contribution in [0.15, 0.2) is 18.2 Å². The van der Waals surface area contributed by atoms with Gasteiger partial charge < -0.3 is 5.11 Å². The first-order valence-corrected chi connectivity index (χ1v) is 7.32. The van der Waals surface area contributed by atoms with Crippen LogP contribution in [0.1, 0.15) is 56.7 Å². The van der Waals surface area contributed by atoms with Crippen LogP contribution < -0.4 is 0 Å². The number of aromatic hydroxyl groups is 1. The molecular weight excluding hydrogens is 302 g/mol. The molecule has 0 aliphatic heterocycles. The van der Waals surface area contributed by atoms with Crippen molar-refractivity contribution in [2.45, 2.75) is 52.0 Å². The van der Waals surface area contributed by atoms with E-state index in [0.717, 1.165) is 19.5 Å². The zero-order valence-electron chi connectivity index (χ0n) is 12.1. The third-order valence-corrected chi connectivity index (χ3v) is 3.89. The zero-order chi connectivity index (χ0) is 13.0. The molecule has 1 aliphatic carbocycles. The van der Waals surface area contributed by atoms with Crippen molar-refractivity contribution in [3.05, 3.63) is 29.3 Å². The molecule has 1 atom stereocenters. The number of phenolic OH excluding ortho intramolecular Hbond substituents is 1. The van der Waals surface area contributed by atoms with E-state index in [1.54, 1.807) is 0 Å². The van der Waals surface area contributed by atoms with Gasteiger partial charge in [-0.2, -0.15) is 0 Å². The first-order chi connectivity index (χ1) is 8.77. The Bertz CT molecular complexity index is 388. The fraction of sp³-hybridized carbons (Fsp3) is 0.625. The van der Waals surface area contributed by atoms with E-state index in [-0.39, 0.29) is 17.0 Å². The van der Waals surface area contributed by atoms with E-state index in [0.29, 0.717) is 11.8 Å².